The van der Waals surface area contributed by atoms with Gasteiger partial charge >= 0.3 is 0 Å². The highest BCUT2D eigenvalue weighted by molar-refractivity contribution is 5.93. The van der Waals surface area contributed by atoms with Gasteiger partial charge in [0.15, 0.2) is 11.5 Å². The maximum atomic E-state index is 12.7. The van der Waals surface area contributed by atoms with Crippen LogP contribution in [0.4, 0.5) is 0 Å². The molecular formula is C17H20N2O2. The van der Waals surface area contributed by atoms with E-state index in [2.05, 4.69) is 19.0 Å². The summed E-state index contributed by atoms with van der Waals surface area (Å²) in [4.78, 5) is 14.6. The van der Waals surface area contributed by atoms with E-state index < -0.39 is 0 Å². The van der Waals surface area contributed by atoms with E-state index in [9.17, 15) is 4.79 Å². The number of hydrogen-bond donors (Lipinski definition) is 0. The quantitative estimate of drug-likeness (QED) is 0.844. The van der Waals surface area contributed by atoms with Crippen molar-refractivity contribution in [2.24, 2.45) is 0 Å². The van der Waals surface area contributed by atoms with Crippen molar-refractivity contribution >= 4 is 5.91 Å². The Labute approximate surface area is 124 Å². The number of carbonyl (C=O) groups excluding carboxylic acids is 1. The maximum Gasteiger partial charge on any atom is 0.276 e. The summed E-state index contributed by atoms with van der Waals surface area (Å²) < 4.78 is 5.34. The van der Waals surface area contributed by atoms with Crippen LogP contribution in [0.15, 0.2) is 40.9 Å². The van der Waals surface area contributed by atoms with E-state index >= 15 is 0 Å². The van der Waals surface area contributed by atoms with Crippen molar-refractivity contribution in [3.05, 3.63) is 42.1 Å². The minimum absolute atomic E-state index is 0.0272. The number of likely N-dealkylation sites (tertiary alicyclic amines) is 1. The first kappa shape index (κ1) is 13.9. The van der Waals surface area contributed by atoms with Crippen molar-refractivity contribution in [3.63, 3.8) is 0 Å². The molecule has 1 aromatic heterocycles. The van der Waals surface area contributed by atoms with Gasteiger partial charge in [-0.05, 0) is 33.1 Å². The number of nitrogens with zero attached hydrogens (tertiary/aromatic N) is 2. The van der Waals surface area contributed by atoms with Crippen LogP contribution in [0.3, 0.4) is 0 Å². The fourth-order valence-corrected chi connectivity index (χ4v) is 3.07. The summed E-state index contributed by atoms with van der Waals surface area (Å²) in [5.41, 5.74) is 1.33. The second kappa shape index (κ2) is 5.72. The van der Waals surface area contributed by atoms with Crippen LogP contribution in [-0.2, 0) is 0 Å². The molecule has 1 fully saturated rings. The van der Waals surface area contributed by atoms with E-state index in [0.29, 0.717) is 11.5 Å². The Kier molecular flexibility index (Phi) is 3.78. The lowest BCUT2D eigenvalue weighted by Gasteiger charge is -2.38. The first-order valence-corrected chi connectivity index (χ1v) is 7.51. The van der Waals surface area contributed by atoms with E-state index in [1.807, 2.05) is 35.2 Å². The predicted octanol–water partition coefficient (Wildman–Crippen LogP) is 3.74. The SMILES string of the molecule is C[C@@H]1CCC[C@H](C)N1C(=O)c1cc(-c2ccccc2)on1. The van der Waals surface area contributed by atoms with Gasteiger partial charge in [-0.25, -0.2) is 0 Å². The second-order valence-electron chi connectivity index (χ2n) is 5.78. The van der Waals surface area contributed by atoms with Crippen LogP contribution in [0.25, 0.3) is 11.3 Å². The van der Waals surface area contributed by atoms with Gasteiger partial charge in [0.2, 0.25) is 0 Å². The smallest absolute Gasteiger partial charge is 0.276 e. The number of benzene rings is 1. The van der Waals surface area contributed by atoms with E-state index in [1.54, 1.807) is 6.07 Å². The van der Waals surface area contributed by atoms with Gasteiger partial charge in [0.05, 0.1) is 0 Å². The third-order valence-electron chi connectivity index (χ3n) is 4.22. The first-order valence-electron chi connectivity index (χ1n) is 7.51. The molecule has 0 aliphatic carbocycles. The Morgan fingerprint density at radius 1 is 1.19 bits per heavy atom. The third kappa shape index (κ3) is 2.71. The molecule has 0 spiro atoms. The molecule has 1 aliphatic heterocycles. The Balaban J connectivity index is 1.84. The van der Waals surface area contributed by atoms with Crippen molar-refractivity contribution < 1.29 is 9.32 Å². The normalized spacial score (nSPS) is 22.3. The Morgan fingerprint density at radius 3 is 2.52 bits per heavy atom. The molecule has 2 heterocycles. The number of carbonyl (C=O) groups is 1. The van der Waals surface area contributed by atoms with Gasteiger partial charge in [0.1, 0.15) is 0 Å². The van der Waals surface area contributed by atoms with Crippen LogP contribution in [0, 0.1) is 0 Å². The Bertz CT molecular complexity index is 611. The summed E-state index contributed by atoms with van der Waals surface area (Å²) in [6.45, 7) is 4.21. The van der Waals surface area contributed by atoms with Crippen LogP contribution in [-0.4, -0.2) is 28.0 Å². The summed E-state index contributed by atoms with van der Waals surface area (Å²) in [6, 6.07) is 12.0. The van der Waals surface area contributed by atoms with E-state index in [4.69, 9.17) is 4.52 Å². The summed E-state index contributed by atoms with van der Waals surface area (Å²) >= 11 is 0. The van der Waals surface area contributed by atoms with Crippen molar-refractivity contribution in [2.75, 3.05) is 0 Å². The topological polar surface area (TPSA) is 46.3 Å². The summed E-state index contributed by atoms with van der Waals surface area (Å²) in [5, 5.41) is 3.97. The molecule has 3 rings (SSSR count). The molecule has 0 bridgehead atoms. The molecule has 4 heteroatoms. The lowest BCUT2D eigenvalue weighted by atomic mass is 9.97. The van der Waals surface area contributed by atoms with Gasteiger partial charge in [-0.15, -0.1) is 0 Å². The number of rotatable bonds is 2. The average molecular weight is 284 g/mol. The molecule has 110 valence electrons. The molecule has 0 saturated carbocycles. The van der Waals surface area contributed by atoms with Gasteiger partial charge in [-0.1, -0.05) is 35.5 Å². The maximum absolute atomic E-state index is 12.7. The standard InChI is InChI=1S/C17H20N2O2/c1-12-7-6-8-13(2)19(12)17(20)15-11-16(21-18-15)14-9-4-3-5-10-14/h3-5,9-13H,6-8H2,1-2H3/t12-,13+. The summed E-state index contributed by atoms with van der Waals surface area (Å²) in [5.74, 6) is 0.608. The van der Waals surface area contributed by atoms with E-state index in [0.717, 1.165) is 18.4 Å². The molecule has 1 aliphatic rings. The lowest BCUT2D eigenvalue weighted by Crippen LogP contribution is -2.47. The van der Waals surface area contributed by atoms with Gasteiger partial charge < -0.3 is 9.42 Å². The van der Waals surface area contributed by atoms with Gasteiger partial charge in [-0.2, -0.15) is 0 Å². The van der Waals surface area contributed by atoms with Gasteiger partial charge in [0, 0.05) is 23.7 Å². The van der Waals surface area contributed by atoms with Crippen LogP contribution in [0.5, 0.6) is 0 Å². The minimum atomic E-state index is -0.0272. The molecular weight excluding hydrogens is 264 g/mol. The zero-order valence-electron chi connectivity index (χ0n) is 12.5. The average Bonchev–Trinajstić information content (AvgIpc) is 2.97. The van der Waals surface area contributed by atoms with Crippen molar-refractivity contribution in [3.8, 4) is 11.3 Å². The molecule has 1 aromatic carbocycles. The lowest BCUT2D eigenvalue weighted by molar-refractivity contribution is 0.0500. The number of hydrogen-bond acceptors (Lipinski definition) is 3. The third-order valence-corrected chi connectivity index (χ3v) is 4.22. The monoisotopic (exact) mass is 284 g/mol. The molecule has 21 heavy (non-hydrogen) atoms. The Hall–Kier alpha value is -2.10. The highest BCUT2D eigenvalue weighted by atomic mass is 16.5. The minimum Gasteiger partial charge on any atom is -0.355 e. The highest BCUT2D eigenvalue weighted by Gasteiger charge is 2.31. The van der Waals surface area contributed by atoms with Crippen LogP contribution < -0.4 is 0 Å². The van der Waals surface area contributed by atoms with E-state index in [-0.39, 0.29) is 18.0 Å². The zero-order valence-corrected chi connectivity index (χ0v) is 12.5. The summed E-state index contributed by atoms with van der Waals surface area (Å²) in [6.07, 6.45) is 3.29. The first-order chi connectivity index (χ1) is 10.2. The van der Waals surface area contributed by atoms with Gasteiger partial charge in [0.25, 0.3) is 5.91 Å². The zero-order chi connectivity index (χ0) is 14.8. The highest BCUT2D eigenvalue weighted by Crippen LogP contribution is 2.26. The van der Waals surface area contributed by atoms with Crippen LogP contribution in [0.2, 0.25) is 0 Å². The predicted molar refractivity (Wildman–Crippen MR) is 80.9 cm³/mol. The molecule has 1 amide bonds. The molecule has 0 N–H and O–H groups in total. The molecule has 2 aromatic rings. The van der Waals surface area contributed by atoms with Crippen LogP contribution in [0.1, 0.15) is 43.6 Å². The van der Waals surface area contributed by atoms with Crippen LogP contribution >= 0.6 is 0 Å². The molecule has 0 unspecified atom stereocenters. The molecule has 4 nitrogen and oxygen atoms in total. The molecule has 1 saturated heterocycles. The van der Waals surface area contributed by atoms with Crippen molar-refractivity contribution in [1.29, 1.82) is 0 Å². The van der Waals surface area contributed by atoms with E-state index in [1.165, 1.54) is 6.42 Å². The number of aromatic nitrogens is 1. The number of amides is 1. The second-order valence-corrected chi connectivity index (χ2v) is 5.78. The summed E-state index contributed by atoms with van der Waals surface area (Å²) in [7, 11) is 0. The Morgan fingerprint density at radius 2 is 1.86 bits per heavy atom. The fourth-order valence-electron chi connectivity index (χ4n) is 3.07. The number of piperidine rings is 1. The van der Waals surface area contributed by atoms with Gasteiger partial charge in [-0.3, -0.25) is 4.79 Å². The van der Waals surface area contributed by atoms with Crippen molar-refractivity contribution in [2.45, 2.75) is 45.2 Å². The fraction of sp³-hybridized carbons (Fsp3) is 0.412. The molecule has 2 atom stereocenters. The van der Waals surface area contributed by atoms with Crippen molar-refractivity contribution in [1.82, 2.24) is 10.1 Å². The largest absolute Gasteiger partial charge is 0.355 e. The molecule has 0 radical (unpaired) electrons.